The van der Waals surface area contributed by atoms with Crippen LogP contribution in [-0.2, 0) is 0 Å². The van der Waals surface area contributed by atoms with Gasteiger partial charge in [0, 0.05) is 37.7 Å². The highest BCUT2D eigenvalue weighted by atomic mass is 33.1. The van der Waals surface area contributed by atoms with Crippen molar-refractivity contribution in [2.75, 3.05) is 37.7 Å². The van der Waals surface area contributed by atoms with Crippen molar-refractivity contribution >= 4 is 76.3 Å². The number of rotatable bonds is 37. The maximum atomic E-state index is 6.06. The van der Waals surface area contributed by atoms with E-state index in [1.165, 1.54) is 166 Å². The maximum absolute atomic E-state index is 6.06. The molecule has 0 radical (unpaired) electrons. The summed E-state index contributed by atoms with van der Waals surface area (Å²) in [7, 11) is 7.80. The van der Waals surface area contributed by atoms with Crippen molar-refractivity contribution in [3.05, 3.63) is 0 Å². The summed E-state index contributed by atoms with van der Waals surface area (Å²) < 4.78 is 2.29. The molecule has 0 aromatic rings. The first-order valence-corrected chi connectivity index (χ1v) is 27.9. The van der Waals surface area contributed by atoms with Gasteiger partial charge in [0.05, 0.1) is 0 Å². The molecule has 0 aliphatic rings. The molecule has 0 aromatic carbocycles. The minimum atomic E-state index is 0.774. The molecule has 0 aliphatic carbocycles. The Labute approximate surface area is 354 Å². The number of hydrogen-bond donors (Lipinski definition) is 0. The molecule has 0 fully saturated rings. The summed E-state index contributed by atoms with van der Waals surface area (Å²) >= 11 is 12.1. The smallest absolute Gasteiger partial charge is 0.147 e. The van der Waals surface area contributed by atoms with E-state index in [9.17, 15) is 0 Å². The summed E-state index contributed by atoms with van der Waals surface area (Å²) in [6.45, 7) is 23.4. The Morgan fingerprint density at radius 2 is 0.635 bits per heavy atom. The van der Waals surface area contributed by atoms with E-state index in [-0.39, 0.29) is 0 Å². The van der Waals surface area contributed by atoms with E-state index in [0.717, 1.165) is 58.5 Å². The molecule has 310 valence electrons. The van der Waals surface area contributed by atoms with E-state index < -0.39 is 0 Å². The molecule has 4 atom stereocenters. The number of unbranched alkanes of at least 4 members (excludes halogenated alkanes) is 11. The Morgan fingerprint density at radius 1 is 0.385 bits per heavy atom. The van der Waals surface area contributed by atoms with E-state index in [0.29, 0.717) is 0 Å². The summed E-state index contributed by atoms with van der Waals surface area (Å²) in [6.07, 6.45) is 32.0. The fourth-order valence-electron chi connectivity index (χ4n) is 7.04. The third kappa shape index (κ3) is 29.4. The van der Waals surface area contributed by atoms with Gasteiger partial charge in [0.2, 0.25) is 0 Å². The molecule has 52 heavy (non-hydrogen) atoms. The van der Waals surface area contributed by atoms with Gasteiger partial charge in [0.1, 0.15) is 8.64 Å². The highest BCUT2D eigenvalue weighted by molar-refractivity contribution is 8.84. The fourth-order valence-corrected chi connectivity index (χ4v) is 12.2. The first-order chi connectivity index (χ1) is 25.3. The second-order valence-electron chi connectivity index (χ2n) is 15.6. The standard InChI is InChI=1S/C44H88N2S6/c1-9-17-29-39(13-5)35-45(36-40(14-6)30-18-10-2)43(47)51-49-33-27-25-23-21-22-24-26-28-34-50-52-44(48)46(37-41(15-7)31-19-11-3)38-42(16-8)32-20-12-4/h39-42H,9-38H2,1-8H3. The van der Waals surface area contributed by atoms with Crippen molar-refractivity contribution in [1.82, 2.24) is 9.80 Å². The normalized spacial score (nSPS) is 13.9. The van der Waals surface area contributed by atoms with E-state index in [1.54, 1.807) is 0 Å². The number of hydrogen-bond acceptors (Lipinski definition) is 6. The Morgan fingerprint density at radius 3 is 0.865 bits per heavy atom. The van der Waals surface area contributed by atoms with E-state index in [1.807, 2.05) is 43.2 Å². The lowest BCUT2D eigenvalue weighted by atomic mass is 9.96. The van der Waals surface area contributed by atoms with Gasteiger partial charge in [-0.1, -0.05) is 217 Å². The molecule has 0 rings (SSSR count). The zero-order chi connectivity index (χ0) is 38.7. The van der Waals surface area contributed by atoms with Gasteiger partial charge in [0.15, 0.2) is 0 Å². The first kappa shape index (κ1) is 53.2. The van der Waals surface area contributed by atoms with Gasteiger partial charge < -0.3 is 9.80 Å². The molecular weight excluding hydrogens is 749 g/mol. The first-order valence-electron chi connectivity index (χ1n) is 22.5. The Hall–Kier alpha value is 1.18. The molecule has 0 aromatic heterocycles. The van der Waals surface area contributed by atoms with Crippen LogP contribution in [0, 0.1) is 23.7 Å². The molecule has 0 amide bonds. The minimum Gasteiger partial charge on any atom is -0.356 e. The SMILES string of the molecule is CCCCC(CC)CN(CC(CC)CCCC)C(=S)SSCCCCCCCCCCSSC(=S)N(CC(CC)CCCC)CC(CC)CCCC. The van der Waals surface area contributed by atoms with Crippen molar-refractivity contribution < 1.29 is 0 Å². The third-order valence-corrected chi connectivity index (χ3v) is 17.3. The summed E-state index contributed by atoms with van der Waals surface area (Å²) in [5.74, 6) is 5.55. The molecular formula is C44H88N2S6. The van der Waals surface area contributed by atoms with Crippen LogP contribution in [0.1, 0.15) is 209 Å². The second kappa shape index (κ2) is 39.0. The topological polar surface area (TPSA) is 6.48 Å². The van der Waals surface area contributed by atoms with Crippen LogP contribution in [0.25, 0.3) is 0 Å². The molecule has 0 spiro atoms. The summed E-state index contributed by atoms with van der Waals surface area (Å²) in [6, 6.07) is 0. The van der Waals surface area contributed by atoms with Crippen molar-refractivity contribution in [1.29, 1.82) is 0 Å². The predicted octanol–water partition coefficient (Wildman–Crippen LogP) is 16.9. The summed E-state index contributed by atoms with van der Waals surface area (Å²) in [5, 5.41) is 0. The van der Waals surface area contributed by atoms with Gasteiger partial charge in [-0.2, -0.15) is 0 Å². The van der Waals surface area contributed by atoms with Crippen LogP contribution in [-0.4, -0.2) is 56.1 Å². The number of nitrogens with zero attached hydrogens (tertiary/aromatic N) is 2. The zero-order valence-corrected chi connectivity index (χ0v) is 40.8. The van der Waals surface area contributed by atoms with Crippen LogP contribution >= 0.6 is 67.6 Å². The quantitative estimate of drug-likeness (QED) is 0.0342. The van der Waals surface area contributed by atoms with Gasteiger partial charge in [-0.25, -0.2) is 0 Å². The third-order valence-electron chi connectivity index (χ3n) is 11.1. The highest BCUT2D eigenvalue weighted by Crippen LogP contribution is 2.31. The zero-order valence-electron chi connectivity index (χ0n) is 35.9. The molecule has 0 heterocycles. The summed E-state index contributed by atoms with van der Waals surface area (Å²) in [5.41, 5.74) is 0. The van der Waals surface area contributed by atoms with Crippen LogP contribution < -0.4 is 0 Å². The average Bonchev–Trinajstić information content (AvgIpc) is 3.16. The Kier molecular flexibility index (Phi) is 39.9. The van der Waals surface area contributed by atoms with Crippen LogP contribution in [0.4, 0.5) is 0 Å². The van der Waals surface area contributed by atoms with Crippen LogP contribution in [0.15, 0.2) is 0 Å². The van der Waals surface area contributed by atoms with Gasteiger partial charge in [0.25, 0.3) is 0 Å². The van der Waals surface area contributed by atoms with Crippen LogP contribution in [0.3, 0.4) is 0 Å². The van der Waals surface area contributed by atoms with E-state index in [4.69, 9.17) is 24.4 Å². The maximum Gasteiger partial charge on any atom is 0.147 e. The fraction of sp³-hybridized carbons (Fsp3) is 0.955. The lowest BCUT2D eigenvalue weighted by Crippen LogP contribution is -2.36. The molecule has 0 N–H and O–H groups in total. The van der Waals surface area contributed by atoms with E-state index >= 15 is 0 Å². The molecule has 0 saturated carbocycles. The molecule has 0 saturated heterocycles. The molecule has 8 heteroatoms. The van der Waals surface area contributed by atoms with Crippen molar-refractivity contribution in [3.63, 3.8) is 0 Å². The lowest BCUT2D eigenvalue weighted by Gasteiger charge is -2.32. The van der Waals surface area contributed by atoms with Gasteiger partial charge in [-0.15, -0.1) is 0 Å². The molecule has 0 bridgehead atoms. The van der Waals surface area contributed by atoms with Crippen molar-refractivity contribution in [3.8, 4) is 0 Å². The predicted molar refractivity (Wildman–Crippen MR) is 259 cm³/mol. The van der Waals surface area contributed by atoms with Crippen molar-refractivity contribution in [2.24, 2.45) is 23.7 Å². The minimum absolute atomic E-state index is 0.774. The molecule has 0 aliphatic heterocycles. The van der Waals surface area contributed by atoms with Gasteiger partial charge in [-0.05, 0) is 83.8 Å². The Bertz CT molecular complexity index is 699. The number of thiocarbonyl (C=S) groups is 2. The molecule has 2 nitrogen and oxygen atoms in total. The monoisotopic (exact) mass is 837 g/mol. The second-order valence-corrected chi connectivity index (χ2v) is 21.7. The van der Waals surface area contributed by atoms with Crippen LogP contribution in [0.2, 0.25) is 0 Å². The highest BCUT2D eigenvalue weighted by Gasteiger charge is 2.21. The Balaban J connectivity index is 4.34. The van der Waals surface area contributed by atoms with Crippen molar-refractivity contribution in [2.45, 2.75) is 209 Å². The summed E-state index contributed by atoms with van der Waals surface area (Å²) in [4.78, 5) is 5.21. The molecule has 4 unspecified atom stereocenters. The van der Waals surface area contributed by atoms with Crippen LogP contribution in [0.5, 0.6) is 0 Å². The van der Waals surface area contributed by atoms with E-state index in [2.05, 4.69) is 65.2 Å². The lowest BCUT2D eigenvalue weighted by molar-refractivity contribution is 0.269. The van der Waals surface area contributed by atoms with Gasteiger partial charge in [-0.3, -0.25) is 0 Å². The van der Waals surface area contributed by atoms with Gasteiger partial charge >= 0.3 is 0 Å². The largest absolute Gasteiger partial charge is 0.356 e. The average molecular weight is 838 g/mol.